The lowest BCUT2D eigenvalue weighted by Crippen LogP contribution is -2.18. The third-order valence-electron chi connectivity index (χ3n) is 1.97. The van der Waals surface area contributed by atoms with Crippen LogP contribution >= 0.6 is 0 Å². The molecule has 2 aromatic heterocycles. The van der Waals surface area contributed by atoms with Crippen LogP contribution < -0.4 is 16.7 Å². The molecule has 0 amide bonds. The summed E-state index contributed by atoms with van der Waals surface area (Å²) in [5, 5.41) is 0. The van der Waals surface area contributed by atoms with Gasteiger partial charge in [-0.05, 0) is 0 Å². The van der Waals surface area contributed by atoms with E-state index in [1.54, 1.807) is 0 Å². The van der Waals surface area contributed by atoms with Gasteiger partial charge in [-0.2, -0.15) is 0 Å². The summed E-state index contributed by atoms with van der Waals surface area (Å²) in [6.07, 6.45) is 1.44. The van der Waals surface area contributed by atoms with Crippen LogP contribution in [0.4, 0.5) is 0 Å². The Balaban J connectivity index is 2.90. The van der Waals surface area contributed by atoms with Gasteiger partial charge < -0.3 is 10.7 Å². The van der Waals surface area contributed by atoms with Crippen molar-refractivity contribution in [3.8, 4) is 0 Å². The highest BCUT2D eigenvalue weighted by molar-refractivity contribution is 5.37. The van der Waals surface area contributed by atoms with Crippen LogP contribution in [0, 0.1) is 0 Å². The minimum Gasteiger partial charge on any atom is -0.343 e. The van der Waals surface area contributed by atoms with Crippen molar-refractivity contribution in [3.05, 3.63) is 50.7 Å². The van der Waals surface area contributed by atoms with Crippen LogP contribution in [0.5, 0.6) is 0 Å². The molecule has 2 rings (SSSR count). The first-order chi connectivity index (χ1) is 6.70. The Labute approximate surface area is 78.8 Å². The van der Waals surface area contributed by atoms with Crippen LogP contribution in [0.1, 0.15) is 5.69 Å². The maximum atomic E-state index is 11.5. The summed E-state index contributed by atoms with van der Waals surface area (Å²) >= 11 is 0. The van der Waals surface area contributed by atoms with Crippen LogP contribution in [0.15, 0.2) is 34.0 Å². The summed E-state index contributed by atoms with van der Waals surface area (Å²) in [4.78, 5) is 25.4. The van der Waals surface area contributed by atoms with Crippen molar-refractivity contribution < 1.29 is 0 Å². The van der Waals surface area contributed by atoms with Gasteiger partial charge in [-0.1, -0.05) is 0 Å². The SMILES string of the molecule is NCc1cc(=O)n2ccc(=O)cc2[nH]1. The molecule has 0 fully saturated rings. The lowest BCUT2D eigenvalue weighted by Gasteiger charge is -2.02. The van der Waals surface area contributed by atoms with E-state index in [9.17, 15) is 9.59 Å². The molecule has 14 heavy (non-hydrogen) atoms. The molecular weight excluding hydrogens is 182 g/mol. The molecule has 0 radical (unpaired) electrons. The first-order valence-corrected chi connectivity index (χ1v) is 4.15. The van der Waals surface area contributed by atoms with E-state index < -0.39 is 0 Å². The molecule has 0 aromatic carbocycles. The van der Waals surface area contributed by atoms with Crippen LogP contribution in [0.25, 0.3) is 5.65 Å². The van der Waals surface area contributed by atoms with Gasteiger partial charge in [0, 0.05) is 36.6 Å². The summed E-state index contributed by atoms with van der Waals surface area (Å²) in [5.74, 6) is 0. The van der Waals surface area contributed by atoms with E-state index in [-0.39, 0.29) is 17.5 Å². The molecule has 5 nitrogen and oxygen atoms in total. The van der Waals surface area contributed by atoms with Crippen molar-refractivity contribution in [2.24, 2.45) is 5.73 Å². The monoisotopic (exact) mass is 191 g/mol. The van der Waals surface area contributed by atoms with Gasteiger partial charge in [0.25, 0.3) is 5.56 Å². The third-order valence-corrected chi connectivity index (χ3v) is 1.97. The number of fused-ring (bicyclic) bond motifs is 1. The molecule has 72 valence electrons. The van der Waals surface area contributed by atoms with E-state index in [0.29, 0.717) is 11.3 Å². The van der Waals surface area contributed by atoms with Crippen molar-refractivity contribution in [1.29, 1.82) is 0 Å². The Morgan fingerprint density at radius 1 is 1.36 bits per heavy atom. The quantitative estimate of drug-likeness (QED) is 0.634. The maximum Gasteiger partial charge on any atom is 0.257 e. The second-order valence-corrected chi connectivity index (χ2v) is 2.95. The number of nitrogens with zero attached hydrogens (tertiary/aromatic N) is 1. The lowest BCUT2D eigenvalue weighted by molar-refractivity contribution is 0.941. The summed E-state index contributed by atoms with van der Waals surface area (Å²) in [6, 6.07) is 4.11. The zero-order chi connectivity index (χ0) is 10.1. The number of pyridine rings is 1. The molecule has 5 heteroatoms. The molecule has 3 N–H and O–H groups in total. The first-order valence-electron chi connectivity index (χ1n) is 4.15. The van der Waals surface area contributed by atoms with Gasteiger partial charge in [0.2, 0.25) is 0 Å². The molecule has 0 aliphatic heterocycles. The Bertz CT molecular complexity index is 582. The highest BCUT2D eigenvalue weighted by atomic mass is 16.1. The molecule has 0 aliphatic rings. The minimum absolute atomic E-state index is 0.144. The van der Waals surface area contributed by atoms with E-state index in [2.05, 4.69) is 4.98 Å². The van der Waals surface area contributed by atoms with Gasteiger partial charge in [0.1, 0.15) is 5.65 Å². The van der Waals surface area contributed by atoms with E-state index in [4.69, 9.17) is 5.73 Å². The highest BCUT2D eigenvalue weighted by Gasteiger charge is 1.98. The molecule has 0 spiro atoms. The van der Waals surface area contributed by atoms with Crippen LogP contribution in [-0.4, -0.2) is 9.38 Å². The van der Waals surface area contributed by atoms with Gasteiger partial charge in [0.05, 0.1) is 0 Å². The summed E-state index contributed by atoms with van der Waals surface area (Å²) in [6.45, 7) is 0.245. The van der Waals surface area contributed by atoms with Crippen molar-refractivity contribution in [2.45, 2.75) is 6.54 Å². The average molecular weight is 191 g/mol. The number of nitrogens with one attached hydrogen (secondary N) is 1. The molecule has 0 bridgehead atoms. The van der Waals surface area contributed by atoms with Crippen molar-refractivity contribution in [3.63, 3.8) is 0 Å². The second kappa shape index (κ2) is 3.12. The molecule has 2 heterocycles. The van der Waals surface area contributed by atoms with Crippen LogP contribution in [-0.2, 0) is 6.54 Å². The largest absolute Gasteiger partial charge is 0.343 e. The van der Waals surface area contributed by atoms with Crippen molar-refractivity contribution in [1.82, 2.24) is 9.38 Å². The van der Waals surface area contributed by atoms with Gasteiger partial charge in [-0.25, -0.2) is 0 Å². The Kier molecular flexibility index (Phi) is 1.94. The lowest BCUT2D eigenvalue weighted by atomic mass is 10.3. The predicted molar refractivity (Wildman–Crippen MR) is 52.2 cm³/mol. The van der Waals surface area contributed by atoms with E-state index >= 15 is 0 Å². The third kappa shape index (κ3) is 1.33. The summed E-state index contributed by atoms with van der Waals surface area (Å²) < 4.78 is 1.36. The number of aromatic nitrogens is 2. The zero-order valence-corrected chi connectivity index (χ0v) is 7.36. The second-order valence-electron chi connectivity index (χ2n) is 2.95. The molecule has 0 saturated heterocycles. The topological polar surface area (TPSA) is 80.4 Å². The number of H-pyrrole nitrogens is 1. The molecule has 0 atom stereocenters. The summed E-state index contributed by atoms with van der Waals surface area (Å²) in [5.41, 5.74) is 6.13. The maximum absolute atomic E-state index is 11.5. The number of nitrogens with two attached hydrogens (primary N) is 1. The van der Waals surface area contributed by atoms with E-state index in [0.717, 1.165) is 0 Å². The fourth-order valence-corrected chi connectivity index (χ4v) is 1.30. The van der Waals surface area contributed by atoms with Crippen LogP contribution in [0.2, 0.25) is 0 Å². The van der Waals surface area contributed by atoms with Crippen LogP contribution in [0.3, 0.4) is 0 Å². The van der Waals surface area contributed by atoms with Crippen molar-refractivity contribution >= 4 is 5.65 Å². The molecule has 2 aromatic rings. The number of rotatable bonds is 1. The Hall–Kier alpha value is -1.88. The Morgan fingerprint density at radius 3 is 2.86 bits per heavy atom. The minimum atomic E-state index is -0.195. The standard InChI is InChI=1S/C9H9N3O2/c10-5-6-3-9(14)12-2-1-7(13)4-8(12)11-6/h1-4,11H,5,10H2. The fraction of sp³-hybridized carbons (Fsp3) is 0.111. The first kappa shape index (κ1) is 8.71. The average Bonchev–Trinajstić information content (AvgIpc) is 2.16. The smallest absolute Gasteiger partial charge is 0.257 e. The predicted octanol–water partition coefficient (Wildman–Crippen LogP) is -0.554. The normalized spacial score (nSPS) is 10.6. The number of hydrogen-bond donors (Lipinski definition) is 2. The zero-order valence-electron chi connectivity index (χ0n) is 7.36. The van der Waals surface area contributed by atoms with E-state index in [1.807, 2.05) is 0 Å². The fourth-order valence-electron chi connectivity index (χ4n) is 1.30. The number of aromatic amines is 1. The number of hydrogen-bond acceptors (Lipinski definition) is 3. The molecule has 0 unspecified atom stereocenters. The van der Waals surface area contributed by atoms with E-state index in [1.165, 1.54) is 28.8 Å². The highest BCUT2D eigenvalue weighted by Crippen LogP contribution is 1.94. The van der Waals surface area contributed by atoms with Gasteiger partial charge in [-0.15, -0.1) is 0 Å². The molecular formula is C9H9N3O2. The van der Waals surface area contributed by atoms with Crippen molar-refractivity contribution in [2.75, 3.05) is 0 Å². The Morgan fingerprint density at radius 2 is 2.14 bits per heavy atom. The van der Waals surface area contributed by atoms with Gasteiger partial charge >= 0.3 is 0 Å². The summed E-state index contributed by atoms with van der Waals surface area (Å²) in [7, 11) is 0. The molecule has 0 saturated carbocycles. The molecule has 0 aliphatic carbocycles. The van der Waals surface area contributed by atoms with Gasteiger partial charge in [0.15, 0.2) is 5.43 Å². The van der Waals surface area contributed by atoms with Gasteiger partial charge in [-0.3, -0.25) is 14.0 Å².